The van der Waals surface area contributed by atoms with Gasteiger partial charge in [0.05, 0.1) is 19.3 Å². The maximum Gasteiger partial charge on any atom is 0.294 e. The van der Waals surface area contributed by atoms with Gasteiger partial charge in [0.2, 0.25) is 0 Å². The summed E-state index contributed by atoms with van der Waals surface area (Å²) < 4.78 is 25.4. The zero-order valence-corrected chi connectivity index (χ0v) is 20.7. The number of fused-ring (bicyclic) bond motifs is 1. The third-order valence-electron chi connectivity index (χ3n) is 6.20. The molecule has 1 heterocycles. The molecule has 0 aliphatic carbocycles. The number of para-hydroxylation sites is 2. The van der Waals surface area contributed by atoms with Gasteiger partial charge in [-0.15, -0.1) is 0 Å². The van der Waals surface area contributed by atoms with Crippen LogP contribution in [0.15, 0.2) is 103 Å². The van der Waals surface area contributed by atoms with Crippen molar-refractivity contribution in [3.05, 3.63) is 131 Å². The Kier molecular flexibility index (Phi) is 7.17. The first-order chi connectivity index (χ1) is 18.5. The second kappa shape index (κ2) is 11.0. The number of rotatable bonds is 7. The van der Waals surface area contributed by atoms with Crippen molar-refractivity contribution in [1.82, 2.24) is 5.32 Å². The number of carbonyl (C=O) groups is 2. The van der Waals surface area contributed by atoms with Crippen LogP contribution >= 0.6 is 0 Å². The number of ether oxygens (including phenoxy) is 2. The lowest BCUT2D eigenvalue weighted by atomic mass is 10.1. The molecule has 2 amide bonds. The second-order valence-electron chi connectivity index (χ2n) is 8.71. The van der Waals surface area contributed by atoms with E-state index in [1.54, 1.807) is 73.8 Å². The lowest BCUT2D eigenvalue weighted by molar-refractivity contribution is -0.117. The number of nitrogens with zero attached hydrogens (tertiary/aromatic N) is 1. The zero-order valence-electron chi connectivity index (χ0n) is 20.7. The van der Waals surface area contributed by atoms with E-state index in [9.17, 15) is 14.0 Å². The van der Waals surface area contributed by atoms with Gasteiger partial charge in [0, 0.05) is 17.7 Å². The monoisotopic (exact) mass is 508 g/mol. The van der Waals surface area contributed by atoms with Gasteiger partial charge in [0.1, 0.15) is 11.6 Å². The van der Waals surface area contributed by atoms with Gasteiger partial charge < -0.3 is 14.8 Å². The molecule has 0 saturated carbocycles. The first kappa shape index (κ1) is 24.8. The van der Waals surface area contributed by atoms with Crippen LogP contribution in [0.4, 0.5) is 10.1 Å². The minimum Gasteiger partial charge on any atom is -0.497 e. The molecule has 38 heavy (non-hydrogen) atoms. The number of hydrogen-bond acceptors (Lipinski definition) is 4. The van der Waals surface area contributed by atoms with Crippen molar-refractivity contribution in [3.8, 4) is 11.5 Å². The number of hydrogen-bond donors (Lipinski definition) is 1. The number of halogens is 1. The van der Waals surface area contributed by atoms with E-state index in [0.717, 1.165) is 11.3 Å². The van der Waals surface area contributed by atoms with Crippen LogP contribution in [0.25, 0.3) is 6.08 Å². The third kappa shape index (κ3) is 5.42. The molecule has 0 atom stereocenters. The van der Waals surface area contributed by atoms with Crippen molar-refractivity contribution >= 4 is 23.6 Å². The normalized spacial score (nSPS) is 13.6. The second-order valence-corrected chi connectivity index (χ2v) is 8.71. The van der Waals surface area contributed by atoms with Gasteiger partial charge >= 0.3 is 0 Å². The molecule has 0 aromatic heterocycles. The van der Waals surface area contributed by atoms with Gasteiger partial charge in [-0.05, 0) is 59.7 Å². The first-order valence-corrected chi connectivity index (χ1v) is 12.1. The summed E-state index contributed by atoms with van der Waals surface area (Å²) in [6, 6.07) is 27.9. The standard InChI is InChI=1S/C31H25FN2O4/c1-37-25-16-12-22(13-17-25)19-33-30(35)23-14-10-21(11-15-23)18-29-31(36)34(20-24-6-2-3-7-26(24)32)27-8-4-5-9-28(27)38-29/h2-18H,19-20H2,1H3,(H,33,35)/b29-18-. The zero-order chi connectivity index (χ0) is 26.5. The van der Waals surface area contributed by atoms with Crippen LogP contribution in [0.3, 0.4) is 0 Å². The number of carbonyl (C=O) groups excluding carboxylic acids is 2. The van der Waals surface area contributed by atoms with E-state index in [1.165, 1.54) is 11.0 Å². The Morgan fingerprint density at radius 2 is 1.66 bits per heavy atom. The molecule has 1 aliphatic rings. The molecule has 1 N–H and O–H groups in total. The van der Waals surface area contributed by atoms with Crippen LogP contribution in [-0.4, -0.2) is 18.9 Å². The van der Waals surface area contributed by atoms with Gasteiger partial charge in [0.25, 0.3) is 11.8 Å². The predicted molar refractivity (Wildman–Crippen MR) is 143 cm³/mol. The summed E-state index contributed by atoms with van der Waals surface area (Å²) >= 11 is 0. The number of anilines is 1. The van der Waals surface area contributed by atoms with E-state index in [0.29, 0.717) is 34.7 Å². The molecule has 0 saturated heterocycles. The lowest BCUT2D eigenvalue weighted by Crippen LogP contribution is -2.37. The van der Waals surface area contributed by atoms with Crippen LogP contribution in [0.1, 0.15) is 27.0 Å². The Morgan fingerprint density at radius 1 is 0.947 bits per heavy atom. The highest BCUT2D eigenvalue weighted by molar-refractivity contribution is 6.09. The van der Waals surface area contributed by atoms with E-state index < -0.39 is 0 Å². The highest BCUT2D eigenvalue weighted by Gasteiger charge is 2.30. The van der Waals surface area contributed by atoms with Crippen LogP contribution in [-0.2, 0) is 17.9 Å². The van der Waals surface area contributed by atoms with Crippen molar-refractivity contribution in [2.75, 3.05) is 12.0 Å². The van der Waals surface area contributed by atoms with Crippen molar-refractivity contribution in [2.45, 2.75) is 13.1 Å². The molecule has 190 valence electrons. The maximum absolute atomic E-state index is 14.4. The fourth-order valence-electron chi connectivity index (χ4n) is 4.13. The summed E-state index contributed by atoms with van der Waals surface area (Å²) in [5.74, 6) is 0.393. The molecule has 0 bridgehead atoms. The van der Waals surface area contributed by atoms with Crippen LogP contribution in [0.2, 0.25) is 0 Å². The molecule has 6 nitrogen and oxygen atoms in total. The highest BCUT2D eigenvalue weighted by Crippen LogP contribution is 2.36. The van der Waals surface area contributed by atoms with Gasteiger partial charge in [-0.3, -0.25) is 14.5 Å². The Bertz CT molecular complexity index is 1500. The SMILES string of the molecule is COc1ccc(CNC(=O)c2ccc(/C=C3\Oc4ccccc4N(Cc4ccccc4F)C3=O)cc2)cc1. The summed E-state index contributed by atoms with van der Waals surface area (Å²) in [4.78, 5) is 27.5. The fraction of sp³-hybridized carbons (Fsp3) is 0.0968. The molecule has 0 unspecified atom stereocenters. The Hall–Kier alpha value is -4.91. The average Bonchev–Trinajstić information content (AvgIpc) is 2.95. The molecule has 4 aromatic rings. The molecule has 5 rings (SSSR count). The van der Waals surface area contributed by atoms with E-state index in [-0.39, 0.29) is 29.9 Å². The van der Waals surface area contributed by atoms with E-state index >= 15 is 0 Å². The van der Waals surface area contributed by atoms with Gasteiger partial charge in [-0.1, -0.05) is 54.6 Å². The quantitative estimate of drug-likeness (QED) is 0.324. The van der Waals surface area contributed by atoms with Crippen molar-refractivity contribution in [1.29, 1.82) is 0 Å². The number of benzene rings is 4. The Balaban J connectivity index is 1.32. The number of nitrogens with one attached hydrogen (secondary N) is 1. The smallest absolute Gasteiger partial charge is 0.294 e. The molecular weight excluding hydrogens is 483 g/mol. The fourth-order valence-corrected chi connectivity index (χ4v) is 4.13. The minimum atomic E-state index is -0.381. The largest absolute Gasteiger partial charge is 0.497 e. The van der Waals surface area contributed by atoms with E-state index in [2.05, 4.69) is 5.32 Å². The van der Waals surface area contributed by atoms with Gasteiger partial charge in [-0.25, -0.2) is 4.39 Å². The van der Waals surface area contributed by atoms with Crippen molar-refractivity contribution in [3.63, 3.8) is 0 Å². The Morgan fingerprint density at radius 3 is 2.39 bits per heavy atom. The number of amides is 2. The predicted octanol–water partition coefficient (Wildman–Crippen LogP) is 5.73. The topological polar surface area (TPSA) is 67.9 Å². The molecule has 0 spiro atoms. The maximum atomic E-state index is 14.4. The van der Waals surface area contributed by atoms with Gasteiger partial charge in [-0.2, -0.15) is 0 Å². The van der Waals surface area contributed by atoms with Crippen LogP contribution < -0.4 is 19.7 Å². The summed E-state index contributed by atoms with van der Waals surface area (Å²) in [7, 11) is 1.60. The third-order valence-corrected chi connectivity index (χ3v) is 6.20. The van der Waals surface area contributed by atoms with Gasteiger partial charge in [0.15, 0.2) is 11.5 Å². The number of methoxy groups -OCH3 is 1. The lowest BCUT2D eigenvalue weighted by Gasteiger charge is -2.30. The molecular formula is C31H25FN2O4. The van der Waals surface area contributed by atoms with Crippen LogP contribution in [0, 0.1) is 5.82 Å². The summed E-state index contributed by atoms with van der Waals surface area (Å²) in [6.07, 6.45) is 1.62. The first-order valence-electron chi connectivity index (χ1n) is 12.1. The van der Waals surface area contributed by atoms with Crippen molar-refractivity contribution < 1.29 is 23.5 Å². The van der Waals surface area contributed by atoms with Crippen molar-refractivity contribution in [2.24, 2.45) is 0 Å². The highest BCUT2D eigenvalue weighted by atomic mass is 19.1. The van der Waals surface area contributed by atoms with E-state index in [1.807, 2.05) is 30.3 Å². The van der Waals surface area contributed by atoms with Crippen LogP contribution in [0.5, 0.6) is 11.5 Å². The molecule has 7 heteroatoms. The van der Waals surface area contributed by atoms with E-state index in [4.69, 9.17) is 9.47 Å². The molecule has 1 aliphatic heterocycles. The summed E-state index contributed by atoms with van der Waals surface area (Å²) in [5.41, 5.74) is 3.10. The molecule has 0 radical (unpaired) electrons. The average molecular weight is 509 g/mol. The molecule has 4 aromatic carbocycles. The summed E-state index contributed by atoms with van der Waals surface area (Å²) in [5, 5.41) is 2.89. The molecule has 0 fully saturated rings. The summed E-state index contributed by atoms with van der Waals surface area (Å²) in [6.45, 7) is 0.449. The minimum absolute atomic E-state index is 0.0660. The Labute approximate surface area is 219 Å².